The van der Waals surface area contributed by atoms with Gasteiger partial charge in [0.15, 0.2) is 0 Å². The molecule has 0 radical (unpaired) electrons. The molecule has 0 atom stereocenters. The second-order valence-electron chi connectivity index (χ2n) is 4.34. The number of esters is 1. The molecule has 0 bridgehead atoms. The van der Waals surface area contributed by atoms with Crippen LogP contribution in [-0.2, 0) is 16.0 Å². The highest BCUT2D eigenvalue weighted by Gasteiger charge is 2.18. The molecule has 4 nitrogen and oxygen atoms in total. The maximum Gasteiger partial charge on any atom is 0.305 e. The maximum absolute atomic E-state index is 11.0. The third-order valence-electron chi connectivity index (χ3n) is 3.24. The molecular weight excluding hydrogens is 204 g/mol. The molecule has 1 aromatic heterocycles. The molecule has 0 aromatic carbocycles. The summed E-state index contributed by atoms with van der Waals surface area (Å²) in [6.45, 7) is 0. The molecule has 88 valence electrons. The van der Waals surface area contributed by atoms with Gasteiger partial charge in [0.25, 0.3) is 0 Å². The van der Waals surface area contributed by atoms with Gasteiger partial charge in [0.2, 0.25) is 0 Å². The first kappa shape index (κ1) is 11.2. The molecule has 1 fully saturated rings. The highest BCUT2D eigenvalue weighted by Crippen LogP contribution is 2.32. The van der Waals surface area contributed by atoms with Gasteiger partial charge >= 0.3 is 5.97 Å². The summed E-state index contributed by atoms with van der Waals surface area (Å²) in [5.41, 5.74) is 1.23. The first-order chi connectivity index (χ1) is 7.79. The van der Waals surface area contributed by atoms with Gasteiger partial charge in [-0.3, -0.25) is 4.79 Å². The molecule has 0 amide bonds. The highest BCUT2D eigenvalue weighted by molar-refractivity contribution is 5.69. The van der Waals surface area contributed by atoms with Crippen molar-refractivity contribution in [3.05, 3.63) is 17.7 Å². The van der Waals surface area contributed by atoms with Crippen LogP contribution in [0.4, 0.5) is 0 Å². The van der Waals surface area contributed by atoms with Gasteiger partial charge in [-0.25, -0.2) is 4.98 Å². The Morgan fingerprint density at radius 3 is 3.00 bits per heavy atom. The van der Waals surface area contributed by atoms with E-state index in [2.05, 4.69) is 14.7 Å². The van der Waals surface area contributed by atoms with Crippen LogP contribution in [0.1, 0.15) is 49.5 Å². The van der Waals surface area contributed by atoms with E-state index in [0.29, 0.717) is 18.8 Å². The van der Waals surface area contributed by atoms with Gasteiger partial charge < -0.3 is 9.72 Å². The van der Waals surface area contributed by atoms with E-state index in [1.165, 1.54) is 38.5 Å². The number of ether oxygens (including phenoxy) is 1. The van der Waals surface area contributed by atoms with Crippen molar-refractivity contribution in [2.24, 2.45) is 0 Å². The van der Waals surface area contributed by atoms with Crippen LogP contribution in [0.15, 0.2) is 6.20 Å². The van der Waals surface area contributed by atoms with Crippen LogP contribution in [0, 0.1) is 0 Å². The van der Waals surface area contributed by atoms with E-state index in [9.17, 15) is 4.79 Å². The van der Waals surface area contributed by atoms with Crippen LogP contribution >= 0.6 is 0 Å². The lowest BCUT2D eigenvalue weighted by Gasteiger charge is -2.04. The second-order valence-corrected chi connectivity index (χ2v) is 4.34. The summed E-state index contributed by atoms with van der Waals surface area (Å²) < 4.78 is 4.60. The maximum atomic E-state index is 11.0. The van der Waals surface area contributed by atoms with Gasteiger partial charge in [0.1, 0.15) is 5.82 Å². The molecule has 1 aromatic rings. The van der Waals surface area contributed by atoms with Crippen LogP contribution in [0.5, 0.6) is 0 Å². The molecule has 1 heterocycles. The molecule has 4 heteroatoms. The minimum Gasteiger partial charge on any atom is -0.469 e. The Morgan fingerprint density at radius 2 is 2.31 bits per heavy atom. The summed E-state index contributed by atoms with van der Waals surface area (Å²) in [4.78, 5) is 18.6. The van der Waals surface area contributed by atoms with E-state index < -0.39 is 0 Å². The first-order valence-corrected chi connectivity index (χ1v) is 5.90. The molecule has 0 saturated heterocycles. The normalized spacial score (nSPS) is 16.6. The summed E-state index contributed by atoms with van der Waals surface area (Å²) in [7, 11) is 1.41. The van der Waals surface area contributed by atoms with E-state index in [-0.39, 0.29) is 5.97 Å². The number of H-pyrrole nitrogens is 1. The number of aromatic nitrogens is 2. The van der Waals surface area contributed by atoms with Gasteiger partial charge in [0, 0.05) is 24.2 Å². The van der Waals surface area contributed by atoms with Crippen LogP contribution in [-0.4, -0.2) is 23.0 Å². The molecule has 0 unspecified atom stereocenters. The Hall–Kier alpha value is -1.32. The molecule has 1 saturated carbocycles. The van der Waals surface area contributed by atoms with Crippen molar-refractivity contribution in [3.8, 4) is 0 Å². The quantitative estimate of drug-likeness (QED) is 0.794. The molecule has 1 aliphatic carbocycles. The smallest absolute Gasteiger partial charge is 0.305 e. The van der Waals surface area contributed by atoms with Crippen molar-refractivity contribution in [2.75, 3.05) is 7.11 Å². The number of hydrogen-bond acceptors (Lipinski definition) is 3. The second kappa shape index (κ2) is 5.14. The van der Waals surface area contributed by atoms with Crippen molar-refractivity contribution in [3.63, 3.8) is 0 Å². The molecule has 1 N–H and O–H groups in total. The monoisotopic (exact) mass is 222 g/mol. The van der Waals surface area contributed by atoms with Gasteiger partial charge in [-0.15, -0.1) is 0 Å². The van der Waals surface area contributed by atoms with Crippen LogP contribution in [0.2, 0.25) is 0 Å². The van der Waals surface area contributed by atoms with Gasteiger partial charge in [-0.1, -0.05) is 12.8 Å². The summed E-state index contributed by atoms with van der Waals surface area (Å²) in [5, 5.41) is 0. The molecule has 2 rings (SSSR count). The Kier molecular flexibility index (Phi) is 3.59. The number of nitrogens with zero attached hydrogens (tertiary/aromatic N) is 1. The number of aryl methyl sites for hydroxylation is 1. The number of nitrogens with one attached hydrogen (secondary N) is 1. The van der Waals surface area contributed by atoms with Crippen LogP contribution < -0.4 is 0 Å². The standard InChI is InChI=1S/C12H18N2O2/c1-16-12(15)7-6-11-13-8-10(14-11)9-4-2-3-5-9/h8-9H,2-7H2,1H3,(H,13,14). The summed E-state index contributed by atoms with van der Waals surface area (Å²) >= 11 is 0. The number of aromatic amines is 1. The fraction of sp³-hybridized carbons (Fsp3) is 0.667. The number of imidazole rings is 1. The van der Waals surface area contributed by atoms with Crippen molar-refractivity contribution in [2.45, 2.75) is 44.4 Å². The lowest BCUT2D eigenvalue weighted by Crippen LogP contribution is -2.03. The van der Waals surface area contributed by atoms with Gasteiger partial charge in [-0.2, -0.15) is 0 Å². The minimum atomic E-state index is -0.182. The number of rotatable bonds is 4. The fourth-order valence-electron chi connectivity index (χ4n) is 2.27. The van der Waals surface area contributed by atoms with E-state index in [0.717, 1.165) is 5.82 Å². The number of methoxy groups -OCH3 is 1. The van der Waals surface area contributed by atoms with Crippen LogP contribution in [0.3, 0.4) is 0 Å². The van der Waals surface area contributed by atoms with E-state index in [1.807, 2.05) is 6.20 Å². The van der Waals surface area contributed by atoms with Crippen LogP contribution in [0.25, 0.3) is 0 Å². The number of hydrogen-bond donors (Lipinski definition) is 1. The molecule has 0 aliphatic heterocycles. The average molecular weight is 222 g/mol. The SMILES string of the molecule is COC(=O)CCc1ncc(C2CCCC2)[nH]1. The number of carbonyl (C=O) groups excluding carboxylic acids is 1. The van der Waals surface area contributed by atoms with Gasteiger partial charge in [-0.05, 0) is 12.8 Å². The molecule has 1 aliphatic rings. The van der Waals surface area contributed by atoms with Crippen molar-refractivity contribution >= 4 is 5.97 Å². The topological polar surface area (TPSA) is 55.0 Å². The Balaban J connectivity index is 1.89. The third-order valence-corrected chi connectivity index (χ3v) is 3.24. The van der Waals surface area contributed by atoms with Crippen molar-refractivity contribution in [1.82, 2.24) is 9.97 Å². The zero-order chi connectivity index (χ0) is 11.4. The Bertz CT molecular complexity index is 354. The van der Waals surface area contributed by atoms with Crippen molar-refractivity contribution in [1.29, 1.82) is 0 Å². The van der Waals surface area contributed by atoms with Gasteiger partial charge in [0.05, 0.1) is 13.5 Å². The lowest BCUT2D eigenvalue weighted by molar-refractivity contribution is -0.140. The highest BCUT2D eigenvalue weighted by atomic mass is 16.5. The molecular formula is C12H18N2O2. The third kappa shape index (κ3) is 2.62. The summed E-state index contributed by atoms with van der Waals surface area (Å²) in [5.74, 6) is 1.37. The number of carbonyl (C=O) groups is 1. The minimum absolute atomic E-state index is 0.182. The molecule has 0 spiro atoms. The van der Waals surface area contributed by atoms with E-state index in [1.54, 1.807) is 0 Å². The predicted octanol–water partition coefficient (Wildman–Crippen LogP) is 2.17. The zero-order valence-corrected chi connectivity index (χ0v) is 9.66. The first-order valence-electron chi connectivity index (χ1n) is 5.90. The van der Waals surface area contributed by atoms with E-state index >= 15 is 0 Å². The predicted molar refractivity (Wildman–Crippen MR) is 60.1 cm³/mol. The Morgan fingerprint density at radius 1 is 1.56 bits per heavy atom. The largest absolute Gasteiger partial charge is 0.469 e. The average Bonchev–Trinajstić information content (AvgIpc) is 2.95. The molecule has 16 heavy (non-hydrogen) atoms. The Labute approximate surface area is 95.4 Å². The van der Waals surface area contributed by atoms with Crippen molar-refractivity contribution < 1.29 is 9.53 Å². The summed E-state index contributed by atoms with van der Waals surface area (Å²) in [6.07, 6.45) is 8.12. The van der Waals surface area contributed by atoms with E-state index in [4.69, 9.17) is 0 Å². The lowest BCUT2D eigenvalue weighted by atomic mass is 10.1. The fourth-order valence-corrected chi connectivity index (χ4v) is 2.27. The summed E-state index contributed by atoms with van der Waals surface area (Å²) in [6, 6.07) is 0. The zero-order valence-electron chi connectivity index (χ0n) is 9.66.